The Bertz CT molecular complexity index is 1090. The van der Waals surface area contributed by atoms with Gasteiger partial charge in [0, 0.05) is 30.8 Å². The molecule has 0 bridgehead atoms. The smallest absolute Gasteiger partial charge is 0.269 e. The molecule has 2 heterocycles. The van der Waals surface area contributed by atoms with Crippen LogP contribution in [0, 0.1) is 14.9 Å². The first-order chi connectivity index (χ1) is 12.0. The Labute approximate surface area is 147 Å². The fourth-order valence-corrected chi connectivity index (χ4v) is 3.10. The number of nitro benzene ring substituents is 1. The number of non-ortho nitro benzene ring substituents is 1. The minimum absolute atomic E-state index is 0.00888. The van der Waals surface area contributed by atoms with Gasteiger partial charge in [0.25, 0.3) is 11.2 Å². The molecule has 0 amide bonds. The lowest BCUT2D eigenvalue weighted by molar-refractivity contribution is -0.384. The molecule has 0 aliphatic rings. The van der Waals surface area contributed by atoms with Gasteiger partial charge in [-0.05, 0) is 44.3 Å². The fraction of sp³-hybridized carbons (Fsp3) is 0.250. The highest BCUT2D eigenvalue weighted by Gasteiger charge is 2.13. The van der Waals surface area contributed by atoms with Gasteiger partial charge in [0.2, 0.25) is 0 Å². The maximum absolute atomic E-state index is 12.7. The molecule has 25 heavy (non-hydrogen) atoms. The number of benzene rings is 1. The van der Waals surface area contributed by atoms with Crippen molar-refractivity contribution in [2.75, 3.05) is 0 Å². The summed E-state index contributed by atoms with van der Waals surface area (Å²) in [5.74, 6) is 0. The van der Waals surface area contributed by atoms with Crippen LogP contribution >= 0.6 is 12.2 Å². The Morgan fingerprint density at radius 1 is 1.12 bits per heavy atom. The summed E-state index contributed by atoms with van der Waals surface area (Å²) >= 11 is 5.36. The molecule has 0 saturated heterocycles. The topological polar surface area (TPSA) is 95.8 Å². The van der Waals surface area contributed by atoms with E-state index in [1.165, 1.54) is 16.7 Å². The van der Waals surface area contributed by atoms with Crippen LogP contribution in [0.2, 0.25) is 0 Å². The number of aromatic nitrogens is 4. The zero-order chi connectivity index (χ0) is 18.1. The van der Waals surface area contributed by atoms with Gasteiger partial charge >= 0.3 is 0 Å². The van der Waals surface area contributed by atoms with Gasteiger partial charge in [-0.1, -0.05) is 0 Å². The van der Waals surface area contributed by atoms with E-state index in [4.69, 9.17) is 12.2 Å². The Morgan fingerprint density at radius 2 is 1.76 bits per heavy atom. The molecule has 0 saturated carbocycles. The second-order valence-corrected chi connectivity index (χ2v) is 5.71. The number of fused-ring (bicyclic) bond motifs is 1. The second kappa shape index (κ2) is 6.52. The second-order valence-electron chi connectivity index (χ2n) is 5.35. The number of aryl methyl sites for hydroxylation is 1. The van der Waals surface area contributed by atoms with Crippen LogP contribution in [-0.4, -0.2) is 24.3 Å². The Hall–Kier alpha value is -2.94. The van der Waals surface area contributed by atoms with Crippen LogP contribution in [0.1, 0.15) is 13.8 Å². The third kappa shape index (κ3) is 2.82. The van der Waals surface area contributed by atoms with E-state index in [-0.39, 0.29) is 11.2 Å². The molecule has 9 heteroatoms. The molecule has 1 aromatic carbocycles. The Morgan fingerprint density at radius 3 is 2.32 bits per heavy atom. The van der Waals surface area contributed by atoms with Crippen molar-refractivity contribution in [2.45, 2.75) is 26.9 Å². The van der Waals surface area contributed by atoms with E-state index in [0.29, 0.717) is 40.2 Å². The minimum atomic E-state index is -0.467. The van der Waals surface area contributed by atoms with Crippen molar-refractivity contribution in [2.24, 2.45) is 0 Å². The zero-order valence-corrected chi connectivity index (χ0v) is 14.5. The first-order valence-electron chi connectivity index (χ1n) is 7.73. The molecule has 3 rings (SSSR count). The maximum Gasteiger partial charge on any atom is 0.269 e. The summed E-state index contributed by atoms with van der Waals surface area (Å²) in [6.07, 6.45) is 0. The molecule has 0 radical (unpaired) electrons. The van der Waals surface area contributed by atoms with Crippen molar-refractivity contribution in [3.63, 3.8) is 0 Å². The summed E-state index contributed by atoms with van der Waals surface area (Å²) in [7, 11) is 0. The van der Waals surface area contributed by atoms with Crippen molar-refractivity contribution in [1.82, 2.24) is 19.3 Å². The lowest BCUT2D eigenvalue weighted by Crippen LogP contribution is -2.25. The van der Waals surface area contributed by atoms with E-state index in [2.05, 4.69) is 10.2 Å². The molecule has 0 aliphatic heterocycles. The van der Waals surface area contributed by atoms with Gasteiger partial charge < -0.3 is 4.57 Å². The first kappa shape index (κ1) is 16.9. The summed E-state index contributed by atoms with van der Waals surface area (Å²) < 4.78 is 3.70. The predicted octanol–water partition coefficient (Wildman–Crippen LogP) is 2.94. The van der Waals surface area contributed by atoms with Gasteiger partial charge in [-0.15, -0.1) is 10.2 Å². The van der Waals surface area contributed by atoms with Crippen molar-refractivity contribution < 1.29 is 4.92 Å². The van der Waals surface area contributed by atoms with Gasteiger partial charge in [-0.25, -0.2) is 0 Å². The third-order valence-corrected chi connectivity index (χ3v) is 4.41. The minimum Gasteiger partial charge on any atom is -0.301 e. The van der Waals surface area contributed by atoms with E-state index >= 15 is 0 Å². The van der Waals surface area contributed by atoms with E-state index in [1.807, 2.05) is 13.8 Å². The SMILES string of the molecule is CCn1c(=O)c2cc(-c3ccc([N+](=O)[O-])cc3)nnc2n(CC)c1=S. The van der Waals surface area contributed by atoms with Gasteiger partial charge in [0.05, 0.1) is 16.0 Å². The van der Waals surface area contributed by atoms with Gasteiger partial charge in [0.15, 0.2) is 10.4 Å². The number of nitrogens with zero attached hydrogens (tertiary/aromatic N) is 5. The normalized spacial score (nSPS) is 11.0. The summed E-state index contributed by atoms with van der Waals surface area (Å²) in [5.41, 5.74) is 1.33. The fourth-order valence-electron chi connectivity index (χ4n) is 2.67. The number of rotatable bonds is 4. The van der Waals surface area contributed by atoms with E-state index < -0.39 is 4.92 Å². The molecular formula is C16H15N5O3S. The number of nitro groups is 1. The van der Waals surface area contributed by atoms with Crippen LogP contribution in [-0.2, 0) is 13.1 Å². The highest BCUT2D eigenvalue weighted by atomic mass is 32.1. The summed E-state index contributed by atoms with van der Waals surface area (Å²) in [6.45, 7) is 4.81. The lowest BCUT2D eigenvalue weighted by atomic mass is 10.1. The molecule has 3 aromatic rings. The number of hydrogen-bond acceptors (Lipinski definition) is 6. The van der Waals surface area contributed by atoms with Crippen LogP contribution in [0.25, 0.3) is 22.3 Å². The quantitative estimate of drug-likeness (QED) is 0.405. The molecule has 0 N–H and O–H groups in total. The van der Waals surface area contributed by atoms with Crippen LogP contribution in [0.3, 0.4) is 0 Å². The predicted molar refractivity (Wildman–Crippen MR) is 96.1 cm³/mol. The molecule has 0 spiro atoms. The van der Waals surface area contributed by atoms with Crippen molar-refractivity contribution in [3.05, 3.63) is 55.6 Å². The highest BCUT2D eigenvalue weighted by Crippen LogP contribution is 2.22. The average molecular weight is 357 g/mol. The van der Waals surface area contributed by atoms with Crippen LogP contribution in [0.4, 0.5) is 5.69 Å². The largest absolute Gasteiger partial charge is 0.301 e. The Balaban J connectivity index is 2.25. The molecule has 0 fully saturated rings. The van der Waals surface area contributed by atoms with E-state index in [0.717, 1.165) is 0 Å². The van der Waals surface area contributed by atoms with Crippen molar-refractivity contribution in [3.8, 4) is 11.3 Å². The van der Waals surface area contributed by atoms with E-state index in [9.17, 15) is 14.9 Å². The lowest BCUT2D eigenvalue weighted by Gasteiger charge is -2.12. The number of hydrogen-bond donors (Lipinski definition) is 0. The van der Waals surface area contributed by atoms with Crippen LogP contribution in [0.15, 0.2) is 35.1 Å². The van der Waals surface area contributed by atoms with Crippen molar-refractivity contribution in [1.29, 1.82) is 0 Å². The van der Waals surface area contributed by atoms with Gasteiger partial charge in [0.1, 0.15) is 0 Å². The molecule has 0 atom stereocenters. The average Bonchev–Trinajstić information content (AvgIpc) is 2.62. The molecular weight excluding hydrogens is 342 g/mol. The highest BCUT2D eigenvalue weighted by molar-refractivity contribution is 7.71. The van der Waals surface area contributed by atoms with Gasteiger partial charge in [-0.2, -0.15) is 0 Å². The monoisotopic (exact) mass is 357 g/mol. The maximum atomic E-state index is 12.7. The summed E-state index contributed by atoms with van der Waals surface area (Å²) in [6, 6.07) is 7.61. The summed E-state index contributed by atoms with van der Waals surface area (Å²) in [5, 5.41) is 19.5. The Kier molecular flexibility index (Phi) is 4.41. The molecule has 2 aromatic heterocycles. The summed E-state index contributed by atoms with van der Waals surface area (Å²) in [4.78, 5) is 23.0. The molecule has 0 unspecified atom stereocenters. The van der Waals surface area contributed by atoms with Crippen LogP contribution < -0.4 is 5.56 Å². The zero-order valence-electron chi connectivity index (χ0n) is 13.7. The van der Waals surface area contributed by atoms with Crippen molar-refractivity contribution >= 4 is 28.9 Å². The molecule has 8 nitrogen and oxygen atoms in total. The van der Waals surface area contributed by atoms with E-state index in [1.54, 1.807) is 22.8 Å². The van der Waals surface area contributed by atoms with Gasteiger partial charge in [-0.3, -0.25) is 19.5 Å². The van der Waals surface area contributed by atoms with Crippen LogP contribution in [0.5, 0.6) is 0 Å². The third-order valence-electron chi connectivity index (χ3n) is 3.97. The standard InChI is InChI=1S/C16H15N5O3S/c1-3-19-14-12(15(22)20(4-2)16(19)25)9-13(17-18-14)10-5-7-11(8-6-10)21(23)24/h5-9H,3-4H2,1-2H3. The molecule has 128 valence electrons. The molecule has 0 aliphatic carbocycles. The first-order valence-corrected chi connectivity index (χ1v) is 8.14.